The summed E-state index contributed by atoms with van der Waals surface area (Å²) in [7, 11) is 0. The van der Waals surface area contributed by atoms with Gasteiger partial charge in [-0.2, -0.15) is 0 Å². The topological polar surface area (TPSA) is 41.4 Å². The molecule has 0 unspecified atom stereocenters. The molecule has 1 aliphatic carbocycles. The van der Waals surface area contributed by atoms with E-state index in [4.69, 9.17) is 11.6 Å². The average molecular weight is 373 g/mol. The zero-order valence-electron chi connectivity index (χ0n) is 15.0. The number of piperazine rings is 1. The fourth-order valence-corrected chi connectivity index (χ4v) is 4.29. The van der Waals surface area contributed by atoms with Crippen molar-refractivity contribution in [2.75, 3.05) is 31.1 Å². The number of carbonyl (C=O) groups excluding carboxylic acids is 1. The Balaban J connectivity index is 1.39. The van der Waals surface area contributed by atoms with Gasteiger partial charge < -0.3 is 9.80 Å². The number of anilines is 1. The van der Waals surface area contributed by atoms with Crippen molar-refractivity contribution >= 4 is 23.5 Å². The molecule has 4 rings (SSSR count). The predicted molar refractivity (Wildman–Crippen MR) is 104 cm³/mol. The Hall–Kier alpha value is -2.01. The summed E-state index contributed by atoms with van der Waals surface area (Å²) in [5.41, 5.74) is 1.00. The van der Waals surface area contributed by atoms with Crippen LogP contribution in [0.2, 0.25) is 5.02 Å². The van der Waals surface area contributed by atoms with Gasteiger partial charge in [-0.05, 0) is 37.0 Å². The predicted octanol–water partition coefficient (Wildman–Crippen LogP) is 3.75. The highest BCUT2D eigenvalue weighted by molar-refractivity contribution is 6.30. The van der Waals surface area contributed by atoms with Crippen molar-refractivity contribution in [3.8, 4) is 5.69 Å². The number of hydrogen-bond acceptors (Lipinski definition) is 3. The van der Waals surface area contributed by atoms with Crippen LogP contribution in [0.3, 0.4) is 0 Å². The number of amides is 1. The first-order chi connectivity index (χ1) is 12.7. The van der Waals surface area contributed by atoms with E-state index in [1.807, 2.05) is 41.6 Å². The van der Waals surface area contributed by atoms with E-state index in [1.165, 1.54) is 25.7 Å². The van der Waals surface area contributed by atoms with Crippen LogP contribution in [0.15, 0.2) is 36.7 Å². The van der Waals surface area contributed by atoms with E-state index in [0.717, 1.165) is 44.2 Å². The molecule has 6 heteroatoms. The number of halogens is 1. The molecule has 26 heavy (non-hydrogen) atoms. The lowest BCUT2D eigenvalue weighted by Gasteiger charge is -2.36. The van der Waals surface area contributed by atoms with Gasteiger partial charge in [-0.25, -0.2) is 4.98 Å². The van der Waals surface area contributed by atoms with Gasteiger partial charge in [0.15, 0.2) is 0 Å². The maximum Gasteiger partial charge on any atom is 0.222 e. The van der Waals surface area contributed by atoms with Gasteiger partial charge in [0, 0.05) is 55.7 Å². The number of carbonyl (C=O) groups is 1. The smallest absolute Gasteiger partial charge is 0.222 e. The van der Waals surface area contributed by atoms with Gasteiger partial charge in [-0.1, -0.05) is 30.5 Å². The molecule has 5 nitrogen and oxygen atoms in total. The maximum atomic E-state index is 12.5. The van der Waals surface area contributed by atoms with Crippen molar-refractivity contribution in [3.05, 3.63) is 41.7 Å². The first kappa shape index (κ1) is 17.4. The number of nitrogens with zero attached hydrogens (tertiary/aromatic N) is 4. The fraction of sp³-hybridized carbons (Fsp3) is 0.500. The molecule has 1 saturated heterocycles. The van der Waals surface area contributed by atoms with Crippen LogP contribution in [0.5, 0.6) is 0 Å². The van der Waals surface area contributed by atoms with Gasteiger partial charge >= 0.3 is 0 Å². The van der Waals surface area contributed by atoms with Crippen LogP contribution in [-0.2, 0) is 4.79 Å². The third-order valence-corrected chi connectivity index (χ3v) is 5.80. The first-order valence-corrected chi connectivity index (χ1v) is 9.90. The van der Waals surface area contributed by atoms with Crippen LogP contribution >= 0.6 is 11.6 Å². The normalized spacial score (nSPS) is 18.5. The first-order valence-electron chi connectivity index (χ1n) is 9.53. The SMILES string of the molecule is O=C(CC1CCCC1)N1CCN(c2nccn2-c2cccc(Cl)c2)CC1. The van der Waals surface area contributed by atoms with Crippen molar-refractivity contribution < 1.29 is 4.79 Å². The molecular weight excluding hydrogens is 348 g/mol. The third kappa shape index (κ3) is 3.73. The molecule has 2 aliphatic rings. The van der Waals surface area contributed by atoms with E-state index < -0.39 is 0 Å². The molecule has 138 valence electrons. The standard InChI is InChI=1S/C20H25ClN4O/c21-17-6-3-7-18(15-17)25-9-8-22-20(25)24-12-10-23(11-13-24)19(26)14-16-4-1-2-5-16/h3,6-9,15-16H,1-2,4-5,10-14H2. The Kier molecular flexibility index (Phi) is 5.16. The molecule has 2 aromatic rings. The molecule has 0 bridgehead atoms. The van der Waals surface area contributed by atoms with E-state index in [0.29, 0.717) is 16.8 Å². The Morgan fingerprint density at radius 2 is 1.92 bits per heavy atom. The molecule has 0 N–H and O–H groups in total. The molecule has 1 saturated carbocycles. The maximum absolute atomic E-state index is 12.5. The highest BCUT2D eigenvalue weighted by atomic mass is 35.5. The number of aromatic nitrogens is 2. The summed E-state index contributed by atoms with van der Waals surface area (Å²) in [5.74, 6) is 1.85. The van der Waals surface area contributed by atoms with Crippen molar-refractivity contribution in [3.63, 3.8) is 0 Å². The lowest BCUT2D eigenvalue weighted by molar-refractivity contribution is -0.132. The van der Waals surface area contributed by atoms with Crippen LogP contribution in [-0.4, -0.2) is 46.5 Å². The Labute approximate surface area is 159 Å². The summed E-state index contributed by atoms with van der Waals surface area (Å²) in [4.78, 5) is 21.4. The van der Waals surface area contributed by atoms with Gasteiger partial charge in [0.1, 0.15) is 0 Å². The van der Waals surface area contributed by atoms with Crippen molar-refractivity contribution in [2.45, 2.75) is 32.1 Å². The quantitative estimate of drug-likeness (QED) is 0.820. The Bertz CT molecular complexity index is 761. The summed E-state index contributed by atoms with van der Waals surface area (Å²) in [6.45, 7) is 3.17. The molecule has 0 spiro atoms. The number of hydrogen-bond donors (Lipinski definition) is 0. The monoisotopic (exact) mass is 372 g/mol. The zero-order valence-corrected chi connectivity index (χ0v) is 15.7. The fourth-order valence-electron chi connectivity index (χ4n) is 4.10. The minimum absolute atomic E-state index is 0.328. The summed E-state index contributed by atoms with van der Waals surface area (Å²) >= 11 is 6.13. The highest BCUT2D eigenvalue weighted by Crippen LogP contribution is 2.28. The van der Waals surface area contributed by atoms with E-state index in [-0.39, 0.29) is 0 Å². The molecule has 1 aromatic heterocycles. The van der Waals surface area contributed by atoms with E-state index in [9.17, 15) is 4.79 Å². The second kappa shape index (κ2) is 7.70. The van der Waals surface area contributed by atoms with Gasteiger partial charge in [0.2, 0.25) is 11.9 Å². The minimum Gasteiger partial charge on any atom is -0.339 e. The second-order valence-electron chi connectivity index (χ2n) is 7.30. The summed E-state index contributed by atoms with van der Waals surface area (Å²) in [5, 5.41) is 0.712. The summed E-state index contributed by atoms with van der Waals surface area (Å²) < 4.78 is 2.06. The van der Waals surface area contributed by atoms with Crippen molar-refractivity contribution in [2.24, 2.45) is 5.92 Å². The Morgan fingerprint density at radius 1 is 1.15 bits per heavy atom. The molecule has 1 aromatic carbocycles. The van der Waals surface area contributed by atoms with Gasteiger partial charge in [0.05, 0.1) is 0 Å². The molecule has 0 atom stereocenters. The van der Waals surface area contributed by atoms with Crippen LogP contribution in [0, 0.1) is 5.92 Å². The zero-order chi connectivity index (χ0) is 17.9. The molecule has 0 radical (unpaired) electrons. The number of benzene rings is 1. The second-order valence-corrected chi connectivity index (χ2v) is 7.74. The number of rotatable bonds is 4. The van der Waals surface area contributed by atoms with Crippen LogP contribution in [0.1, 0.15) is 32.1 Å². The molecule has 2 fully saturated rings. The third-order valence-electron chi connectivity index (χ3n) is 5.56. The average Bonchev–Trinajstić information content (AvgIpc) is 3.33. The summed E-state index contributed by atoms with van der Waals surface area (Å²) in [6, 6.07) is 7.78. The van der Waals surface area contributed by atoms with Crippen LogP contribution in [0.4, 0.5) is 5.95 Å². The number of imidazole rings is 1. The van der Waals surface area contributed by atoms with E-state index in [1.54, 1.807) is 0 Å². The largest absolute Gasteiger partial charge is 0.339 e. The van der Waals surface area contributed by atoms with E-state index in [2.05, 4.69) is 14.5 Å². The Morgan fingerprint density at radius 3 is 2.65 bits per heavy atom. The highest BCUT2D eigenvalue weighted by Gasteiger charge is 2.26. The summed E-state index contributed by atoms with van der Waals surface area (Å²) in [6.07, 6.45) is 9.53. The molecule has 1 amide bonds. The lowest BCUT2D eigenvalue weighted by Crippen LogP contribution is -2.49. The molecule has 1 aliphatic heterocycles. The van der Waals surface area contributed by atoms with E-state index >= 15 is 0 Å². The molecular formula is C20H25ClN4O. The lowest BCUT2D eigenvalue weighted by atomic mass is 10.0. The van der Waals surface area contributed by atoms with Gasteiger partial charge in [0.25, 0.3) is 0 Å². The van der Waals surface area contributed by atoms with Gasteiger partial charge in [-0.3, -0.25) is 9.36 Å². The molecule has 2 heterocycles. The van der Waals surface area contributed by atoms with Crippen molar-refractivity contribution in [1.29, 1.82) is 0 Å². The van der Waals surface area contributed by atoms with Crippen LogP contribution < -0.4 is 4.90 Å². The van der Waals surface area contributed by atoms with Gasteiger partial charge in [-0.15, -0.1) is 0 Å². The van der Waals surface area contributed by atoms with Crippen molar-refractivity contribution in [1.82, 2.24) is 14.5 Å². The minimum atomic E-state index is 0.328. The van der Waals surface area contributed by atoms with Crippen LogP contribution in [0.25, 0.3) is 5.69 Å².